The molecular formula is C25H25BrN4. The number of hydrogen-bond acceptors (Lipinski definition) is 0. The van der Waals surface area contributed by atoms with Crippen LogP contribution in [-0.2, 0) is 0 Å². The van der Waals surface area contributed by atoms with Gasteiger partial charge in [0.05, 0.1) is 0 Å². The number of aromatic nitrogens is 4. The van der Waals surface area contributed by atoms with E-state index in [1.165, 1.54) is 35.9 Å². The Bertz CT molecular complexity index is 1390. The topological polar surface area (TPSA) is 63.2 Å². The lowest BCUT2D eigenvalue weighted by Gasteiger charge is -2.05. The molecule has 5 heterocycles. The van der Waals surface area contributed by atoms with Crippen LogP contribution in [0.4, 0.5) is 0 Å². The van der Waals surface area contributed by atoms with E-state index < -0.39 is 0 Å². The number of hydrogen-bond donors (Lipinski definition) is 4. The molecule has 0 atom stereocenters. The lowest BCUT2D eigenvalue weighted by Crippen LogP contribution is -2.14. The van der Waals surface area contributed by atoms with Crippen LogP contribution in [0.2, 0.25) is 0 Å². The van der Waals surface area contributed by atoms with Crippen molar-refractivity contribution in [3.63, 3.8) is 0 Å². The summed E-state index contributed by atoms with van der Waals surface area (Å²) in [4.78, 5) is 14.2. The number of fused-ring (bicyclic) bond motifs is 8. The monoisotopic (exact) mass is 460 g/mol. The molecule has 4 aromatic rings. The molecule has 0 saturated heterocycles. The van der Waals surface area contributed by atoms with Crippen LogP contribution in [0.15, 0.2) is 48.5 Å². The molecule has 0 fully saturated rings. The van der Waals surface area contributed by atoms with Crippen molar-refractivity contribution >= 4 is 39.7 Å². The Hall–Kier alpha value is -2.92. The van der Waals surface area contributed by atoms with Gasteiger partial charge in [0.25, 0.3) is 0 Å². The SMILES string of the molecule is BrCCCCCC1=c2ccc([nH]2)=Cc2ccc([nH]2)C=c2ccc([nH]2)=Cc2ccc1[nH]2. The minimum Gasteiger partial charge on any atom is -0.355 e. The van der Waals surface area contributed by atoms with E-state index in [1.54, 1.807) is 0 Å². The van der Waals surface area contributed by atoms with Crippen LogP contribution in [0.3, 0.4) is 0 Å². The Labute approximate surface area is 183 Å². The molecule has 1 aliphatic heterocycles. The summed E-state index contributed by atoms with van der Waals surface area (Å²) in [6.45, 7) is 0. The fourth-order valence-electron chi connectivity index (χ4n) is 4.03. The standard InChI is InChI=1S/C25H25BrN4/c26-13-3-1-2-4-23-24-11-9-21(29-24)15-19-7-5-17(27-19)14-18-6-8-20(28-18)16-22-10-12-25(23)30-22/h5-12,14-16,27-30H,1-4,13H2. The molecule has 1 aliphatic rings. The van der Waals surface area contributed by atoms with Gasteiger partial charge in [0, 0.05) is 49.5 Å². The molecular weight excluding hydrogens is 436 g/mol. The van der Waals surface area contributed by atoms with Gasteiger partial charge in [0.15, 0.2) is 0 Å². The lowest BCUT2D eigenvalue weighted by atomic mass is 10.0. The van der Waals surface area contributed by atoms with Crippen molar-refractivity contribution in [3.05, 3.63) is 92.7 Å². The fraction of sp³-hybridized carbons (Fsp3) is 0.200. The van der Waals surface area contributed by atoms with Crippen LogP contribution < -0.4 is 21.4 Å². The number of halogens is 1. The first kappa shape index (κ1) is 19.1. The van der Waals surface area contributed by atoms with Gasteiger partial charge in [-0.3, -0.25) is 0 Å². The Morgan fingerprint density at radius 2 is 1.20 bits per heavy atom. The van der Waals surface area contributed by atoms with E-state index in [9.17, 15) is 0 Å². The van der Waals surface area contributed by atoms with Crippen LogP contribution in [0.1, 0.15) is 48.5 Å². The molecule has 8 bridgehead atoms. The summed E-state index contributed by atoms with van der Waals surface area (Å²) in [6, 6.07) is 17.1. The highest BCUT2D eigenvalue weighted by molar-refractivity contribution is 9.09. The average molecular weight is 461 g/mol. The van der Waals surface area contributed by atoms with E-state index in [2.05, 4.69) is 103 Å². The molecule has 0 spiro atoms. The lowest BCUT2D eigenvalue weighted by molar-refractivity contribution is 0.740. The first-order valence-electron chi connectivity index (χ1n) is 10.5. The molecule has 5 rings (SSSR count). The van der Waals surface area contributed by atoms with Crippen LogP contribution >= 0.6 is 15.9 Å². The maximum Gasteiger partial charge on any atom is 0.0438 e. The summed E-state index contributed by atoms with van der Waals surface area (Å²) >= 11 is 3.54. The minimum atomic E-state index is 1.04. The first-order chi connectivity index (χ1) is 14.8. The van der Waals surface area contributed by atoms with Crippen molar-refractivity contribution in [2.45, 2.75) is 25.7 Å². The smallest absolute Gasteiger partial charge is 0.0438 e. The number of aromatic amines is 4. The Kier molecular flexibility index (Phi) is 5.37. The van der Waals surface area contributed by atoms with Crippen molar-refractivity contribution in [3.8, 4) is 0 Å². The van der Waals surface area contributed by atoms with Crippen molar-refractivity contribution < 1.29 is 0 Å². The summed E-state index contributed by atoms with van der Waals surface area (Å²) in [5, 5.41) is 5.51. The van der Waals surface area contributed by atoms with E-state index in [1.807, 2.05) is 0 Å². The van der Waals surface area contributed by atoms with E-state index in [0.717, 1.165) is 44.9 Å². The number of H-pyrrole nitrogens is 4. The highest BCUT2D eigenvalue weighted by atomic mass is 79.9. The minimum absolute atomic E-state index is 1.04. The zero-order chi connectivity index (χ0) is 20.3. The molecule has 30 heavy (non-hydrogen) atoms. The van der Waals surface area contributed by atoms with Crippen LogP contribution in [0.5, 0.6) is 0 Å². The van der Waals surface area contributed by atoms with E-state index in [0.29, 0.717) is 0 Å². The normalized spacial score (nSPS) is 12.9. The molecule has 0 aromatic carbocycles. The number of alkyl halides is 1. The maximum absolute atomic E-state index is 3.62. The third-order valence-corrected chi connectivity index (χ3v) is 6.08. The molecule has 4 N–H and O–H groups in total. The molecule has 0 unspecified atom stereocenters. The van der Waals surface area contributed by atoms with Gasteiger partial charge in [-0.2, -0.15) is 0 Å². The molecule has 4 nitrogen and oxygen atoms in total. The van der Waals surface area contributed by atoms with Crippen LogP contribution in [0.25, 0.3) is 23.8 Å². The van der Waals surface area contributed by atoms with Crippen molar-refractivity contribution in [2.75, 3.05) is 5.33 Å². The zero-order valence-corrected chi connectivity index (χ0v) is 18.4. The predicted molar refractivity (Wildman–Crippen MR) is 127 cm³/mol. The summed E-state index contributed by atoms with van der Waals surface area (Å²) in [5.74, 6) is 0. The third-order valence-electron chi connectivity index (χ3n) is 5.52. The highest BCUT2D eigenvalue weighted by Crippen LogP contribution is 2.18. The summed E-state index contributed by atoms with van der Waals surface area (Å²) in [5.41, 5.74) is 5.78. The van der Waals surface area contributed by atoms with Gasteiger partial charge in [0.2, 0.25) is 0 Å². The fourth-order valence-corrected chi connectivity index (χ4v) is 4.43. The quantitative estimate of drug-likeness (QED) is 0.261. The molecule has 0 radical (unpaired) electrons. The molecule has 152 valence electrons. The maximum atomic E-state index is 3.62. The third kappa shape index (κ3) is 4.17. The Morgan fingerprint density at radius 3 is 1.93 bits per heavy atom. The van der Waals surface area contributed by atoms with E-state index in [-0.39, 0.29) is 0 Å². The Morgan fingerprint density at radius 1 is 0.567 bits per heavy atom. The second-order valence-corrected chi connectivity index (χ2v) is 8.60. The number of unbranched alkanes of at least 4 members (excludes halogenated alkanes) is 2. The zero-order valence-electron chi connectivity index (χ0n) is 16.8. The summed E-state index contributed by atoms with van der Waals surface area (Å²) in [7, 11) is 0. The molecule has 4 aromatic heterocycles. The number of nitrogens with one attached hydrogen (secondary N) is 4. The van der Waals surface area contributed by atoms with Gasteiger partial charge < -0.3 is 19.9 Å². The molecule has 5 heteroatoms. The number of rotatable bonds is 5. The second kappa shape index (κ2) is 8.44. The van der Waals surface area contributed by atoms with Crippen molar-refractivity contribution in [2.24, 2.45) is 0 Å². The molecule has 0 aliphatic carbocycles. The molecule has 0 saturated carbocycles. The second-order valence-electron chi connectivity index (χ2n) is 7.80. The van der Waals surface area contributed by atoms with Gasteiger partial charge in [-0.25, -0.2) is 0 Å². The van der Waals surface area contributed by atoms with Crippen molar-refractivity contribution in [1.29, 1.82) is 0 Å². The highest BCUT2D eigenvalue weighted by Gasteiger charge is 2.07. The first-order valence-corrected chi connectivity index (χ1v) is 11.6. The van der Waals surface area contributed by atoms with Gasteiger partial charge in [-0.05, 0) is 91.6 Å². The molecule has 0 amide bonds. The Balaban J connectivity index is 1.67. The van der Waals surface area contributed by atoms with E-state index in [4.69, 9.17) is 0 Å². The van der Waals surface area contributed by atoms with Gasteiger partial charge in [-0.1, -0.05) is 22.4 Å². The summed E-state index contributed by atoms with van der Waals surface area (Å²) < 4.78 is 0. The van der Waals surface area contributed by atoms with Gasteiger partial charge >= 0.3 is 0 Å². The van der Waals surface area contributed by atoms with Gasteiger partial charge in [-0.15, -0.1) is 0 Å². The predicted octanol–water partition coefficient (Wildman–Crippen LogP) is 2.95. The summed E-state index contributed by atoms with van der Waals surface area (Å²) in [6.07, 6.45) is 11.1. The van der Waals surface area contributed by atoms with Crippen LogP contribution in [-0.4, -0.2) is 25.3 Å². The average Bonchev–Trinajstić information content (AvgIpc) is 3.52. The van der Waals surface area contributed by atoms with Crippen LogP contribution in [0, 0.1) is 0 Å². The van der Waals surface area contributed by atoms with Crippen molar-refractivity contribution in [1.82, 2.24) is 19.9 Å². The van der Waals surface area contributed by atoms with E-state index >= 15 is 0 Å². The largest absolute Gasteiger partial charge is 0.355 e. The van der Waals surface area contributed by atoms with Gasteiger partial charge in [0.1, 0.15) is 0 Å².